The van der Waals surface area contributed by atoms with E-state index in [1.54, 1.807) is 30.7 Å². The third-order valence-electron chi connectivity index (χ3n) is 4.88. The van der Waals surface area contributed by atoms with Gasteiger partial charge in [0.15, 0.2) is 17.3 Å². The summed E-state index contributed by atoms with van der Waals surface area (Å²) in [7, 11) is 0. The molecule has 2 aliphatic heterocycles. The molecule has 0 saturated carbocycles. The van der Waals surface area contributed by atoms with E-state index in [1.165, 1.54) is 0 Å². The van der Waals surface area contributed by atoms with E-state index in [1.807, 2.05) is 10.6 Å². The minimum Gasteiger partial charge on any atom is -0.486 e. The fraction of sp³-hybridized carbons (Fsp3) is 0.316. The Bertz CT molecular complexity index is 1020. The summed E-state index contributed by atoms with van der Waals surface area (Å²) in [6.45, 7) is 1.79. The van der Waals surface area contributed by atoms with Gasteiger partial charge in [0.2, 0.25) is 5.91 Å². The number of ether oxygens (including phenoxy) is 2. The van der Waals surface area contributed by atoms with Gasteiger partial charge in [-0.15, -0.1) is 10.2 Å². The Morgan fingerprint density at radius 3 is 2.89 bits per heavy atom. The lowest BCUT2D eigenvalue weighted by molar-refractivity contribution is -0.118. The molecule has 1 aromatic carbocycles. The third-order valence-corrected chi connectivity index (χ3v) is 4.88. The molecule has 1 atom stereocenters. The van der Waals surface area contributed by atoms with Crippen LogP contribution >= 0.6 is 0 Å². The summed E-state index contributed by atoms with van der Waals surface area (Å²) >= 11 is 0. The topological polar surface area (TPSA) is 104 Å². The van der Waals surface area contributed by atoms with Crippen LogP contribution in [-0.2, 0) is 11.3 Å². The number of nitrogens with one attached hydrogen (secondary N) is 1. The fourth-order valence-electron chi connectivity index (χ4n) is 3.58. The van der Waals surface area contributed by atoms with Gasteiger partial charge in [-0.25, -0.2) is 4.98 Å². The first kappa shape index (κ1) is 16.7. The van der Waals surface area contributed by atoms with Crippen molar-refractivity contribution in [3.05, 3.63) is 42.6 Å². The lowest BCUT2D eigenvalue weighted by Crippen LogP contribution is -2.28. The molecule has 0 radical (unpaired) electrons. The van der Waals surface area contributed by atoms with Gasteiger partial charge < -0.3 is 19.4 Å². The number of hydrogen-bond donors (Lipinski definition) is 1. The number of anilines is 1. The Balaban J connectivity index is 1.39. The molecule has 9 heteroatoms. The highest BCUT2D eigenvalue weighted by molar-refractivity contribution is 5.95. The number of fused-ring (bicyclic) bond motifs is 2. The highest BCUT2D eigenvalue weighted by Gasteiger charge is 2.31. The van der Waals surface area contributed by atoms with Crippen molar-refractivity contribution in [3.63, 3.8) is 0 Å². The molecular weight excluding hydrogens is 360 g/mol. The average Bonchev–Trinajstić information content (AvgIpc) is 3.18. The first-order valence-electron chi connectivity index (χ1n) is 9.19. The predicted molar refractivity (Wildman–Crippen MR) is 99.1 cm³/mol. The Hall–Kier alpha value is -3.49. The Kier molecular flexibility index (Phi) is 4.12. The van der Waals surface area contributed by atoms with Gasteiger partial charge in [-0.2, -0.15) is 0 Å². The zero-order chi connectivity index (χ0) is 18.9. The summed E-state index contributed by atoms with van der Waals surface area (Å²) in [4.78, 5) is 21.3. The smallest absolute Gasteiger partial charge is 0.235 e. The van der Waals surface area contributed by atoms with Crippen molar-refractivity contribution < 1.29 is 14.3 Å². The van der Waals surface area contributed by atoms with Crippen LogP contribution in [0, 0.1) is 0 Å². The Morgan fingerprint density at radius 2 is 2.04 bits per heavy atom. The van der Waals surface area contributed by atoms with E-state index in [2.05, 4.69) is 25.5 Å². The van der Waals surface area contributed by atoms with E-state index in [9.17, 15) is 4.79 Å². The quantitative estimate of drug-likeness (QED) is 0.743. The second-order valence-electron chi connectivity index (χ2n) is 6.67. The molecule has 3 aromatic rings. The molecule has 2 aliphatic rings. The third kappa shape index (κ3) is 2.94. The van der Waals surface area contributed by atoms with Crippen LogP contribution in [0.3, 0.4) is 0 Å². The van der Waals surface area contributed by atoms with Crippen LogP contribution in [-0.4, -0.2) is 43.9 Å². The average molecular weight is 378 g/mol. The molecule has 2 aromatic heterocycles. The van der Waals surface area contributed by atoms with Gasteiger partial charge in [0.05, 0.1) is 12.1 Å². The van der Waals surface area contributed by atoms with Gasteiger partial charge in [0, 0.05) is 30.7 Å². The summed E-state index contributed by atoms with van der Waals surface area (Å²) in [5.74, 6) is 2.13. The van der Waals surface area contributed by atoms with E-state index in [0.717, 1.165) is 19.4 Å². The lowest BCUT2D eigenvalue weighted by atomic mass is 9.97. The molecule has 142 valence electrons. The molecular formula is C19H18N6O3. The molecule has 4 heterocycles. The molecule has 28 heavy (non-hydrogen) atoms. The number of rotatable bonds is 3. The van der Waals surface area contributed by atoms with Crippen molar-refractivity contribution in [1.82, 2.24) is 24.7 Å². The molecule has 0 bridgehead atoms. The maximum atomic E-state index is 13.0. The zero-order valence-electron chi connectivity index (χ0n) is 15.0. The lowest BCUT2D eigenvalue weighted by Gasteiger charge is -2.23. The van der Waals surface area contributed by atoms with Crippen molar-refractivity contribution in [1.29, 1.82) is 0 Å². The number of carbonyl (C=O) groups is 1. The molecule has 5 rings (SSSR count). The molecule has 0 saturated heterocycles. The van der Waals surface area contributed by atoms with Gasteiger partial charge in [-0.1, -0.05) is 0 Å². The van der Waals surface area contributed by atoms with Crippen LogP contribution in [0.15, 0.2) is 36.8 Å². The normalized spacial score (nSPS) is 17.6. The maximum absolute atomic E-state index is 13.0. The molecule has 9 nitrogen and oxygen atoms in total. The van der Waals surface area contributed by atoms with Crippen LogP contribution in [0.5, 0.6) is 11.5 Å². The van der Waals surface area contributed by atoms with Crippen LogP contribution < -0.4 is 14.8 Å². The van der Waals surface area contributed by atoms with Gasteiger partial charge in [0.1, 0.15) is 24.7 Å². The summed E-state index contributed by atoms with van der Waals surface area (Å²) < 4.78 is 13.1. The number of amides is 1. The maximum Gasteiger partial charge on any atom is 0.235 e. The minimum atomic E-state index is -0.375. The van der Waals surface area contributed by atoms with Crippen LogP contribution in [0.1, 0.15) is 24.6 Å². The van der Waals surface area contributed by atoms with Gasteiger partial charge in [-0.3, -0.25) is 9.78 Å². The number of benzene rings is 1. The minimum absolute atomic E-state index is 0.115. The summed E-state index contributed by atoms with van der Waals surface area (Å²) in [5, 5.41) is 11.5. The molecule has 0 aliphatic carbocycles. The number of aromatic nitrogens is 5. The molecule has 1 amide bonds. The molecule has 0 spiro atoms. The van der Waals surface area contributed by atoms with Crippen LogP contribution in [0.4, 0.5) is 5.69 Å². The van der Waals surface area contributed by atoms with Crippen molar-refractivity contribution in [3.8, 4) is 23.0 Å². The van der Waals surface area contributed by atoms with Crippen molar-refractivity contribution in [2.24, 2.45) is 0 Å². The second kappa shape index (κ2) is 6.91. The Labute approximate surface area is 160 Å². The standard InChI is InChI=1S/C19H18N6O3/c26-19(22-12-3-4-15-16(10-12)28-9-8-27-15)13-2-1-7-25-17(13)23-24-18(25)14-11-20-5-6-21-14/h3-6,10-11,13H,1-2,7-9H2,(H,22,26). The second-order valence-corrected chi connectivity index (χ2v) is 6.67. The van der Waals surface area contributed by atoms with E-state index in [0.29, 0.717) is 47.7 Å². The van der Waals surface area contributed by atoms with Crippen molar-refractivity contribution in [2.45, 2.75) is 25.3 Å². The van der Waals surface area contributed by atoms with E-state index in [-0.39, 0.29) is 11.8 Å². The monoisotopic (exact) mass is 378 g/mol. The largest absolute Gasteiger partial charge is 0.486 e. The van der Waals surface area contributed by atoms with Crippen LogP contribution in [0.2, 0.25) is 0 Å². The number of carbonyl (C=O) groups excluding carboxylic acids is 1. The van der Waals surface area contributed by atoms with Crippen molar-refractivity contribution >= 4 is 11.6 Å². The number of hydrogen-bond acceptors (Lipinski definition) is 7. The zero-order valence-corrected chi connectivity index (χ0v) is 15.0. The first-order valence-corrected chi connectivity index (χ1v) is 9.19. The summed E-state index contributed by atoms with van der Waals surface area (Å²) in [6.07, 6.45) is 6.45. The summed E-state index contributed by atoms with van der Waals surface area (Å²) in [5.41, 5.74) is 1.31. The van der Waals surface area contributed by atoms with E-state index < -0.39 is 0 Å². The van der Waals surface area contributed by atoms with Gasteiger partial charge >= 0.3 is 0 Å². The van der Waals surface area contributed by atoms with E-state index >= 15 is 0 Å². The van der Waals surface area contributed by atoms with Gasteiger partial charge in [-0.05, 0) is 25.0 Å². The molecule has 0 fully saturated rings. The summed E-state index contributed by atoms with van der Waals surface area (Å²) in [6, 6.07) is 5.40. The van der Waals surface area contributed by atoms with E-state index in [4.69, 9.17) is 9.47 Å². The predicted octanol–water partition coefficient (Wildman–Crippen LogP) is 2.02. The Morgan fingerprint density at radius 1 is 1.14 bits per heavy atom. The van der Waals surface area contributed by atoms with Gasteiger partial charge in [0.25, 0.3) is 0 Å². The first-order chi connectivity index (χ1) is 13.8. The highest BCUT2D eigenvalue weighted by Crippen LogP contribution is 2.34. The van der Waals surface area contributed by atoms with Crippen LogP contribution in [0.25, 0.3) is 11.5 Å². The fourth-order valence-corrected chi connectivity index (χ4v) is 3.58. The SMILES string of the molecule is O=C(Nc1ccc2c(c1)OCCO2)C1CCCn2c(-c3cnccn3)nnc21. The highest BCUT2D eigenvalue weighted by atomic mass is 16.6. The molecule has 1 N–H and O–H groups in total. The molecule has 1 unspecified atom stereocenters. The van der Waals surface area contributed by atoms with Crippen molar-refractivity contribution in [2.75, 3.05) is 18.5 Å². The number of nitrogens with zero attached hydrogens (tertiary/aromatic N) is 5.